The van der Waals surface area contributed by atoms with Crippen LogP contribution in [0.15, 0.2) is 17.5 Å². The number of hydrogen-bond acceptors (Lipinski definition) is 3. The number of amides is 1. The van der Waals surface area contributed by atoms with Crippen molar-refractivity contribution in [1.82, 2.24) is 9.80 Å². The van der Waals surface area contributed by atoms with E-state index in [0.717, 1.165) is 57.3 Å². The van der Waals surface area contributed by atoms with Crippen LogP contribution in [0.5, 0.6) is 0 Å². The van der Waals surface area contributed by atoms with E-state index in [4.69, 9.17) is 0 Å². The minimum absolute atomic E-state index is 0.337. The molecule has 0 radical (unpaired) electrons. The molecule has 1 amide bonds. The SMILES string of the molecule is O=C(CCCCBr)N1CCCN(Cc2cccs2)CC1. The Hall–Kier alpha value is -0.390. The topological polar surface area (TPSA) is 23.6 Å². The van der Waals surface area contributed by atoms with Gasteiger partial charge in [0.2, 0.25) is 5.91 Å². The fraction of sp³-hybridized carbons (Fsp3) is 0.667. The second-order valence-corrected chi connectivity index (χ2v) is 7.06. The van der Waals surface area contributed by atoms with Crippen LogP contribution in [0, 0.1) is 0 Å². The van der Waals surface area contributed by atoms with Crippen molar-refractivity contribution in [3.05, 3.63) is 22.4 Å². The van der Waals surface area contributed by atoms with Crippen LogP contribution < -0.4 is 0 Å². The van der Waals surface area contributed by atoms with E-state index in [-0.39, 0.29) is 0 Å². The summed E-state index contributed by atoms with van der Waals surface area (Å²) >= 11 is 5.23. The molecular formula is C15H23BrN2OS. The zero-order valence-corrected chi connectivity index (χ0v) is 14.3. The molecule has 0 aliphatic carbocycles. The first-order chi connectivity index (χ1) is 9.79. The summed E-state index contributed by atoms with van der Waals surface area (Å²) in [5, 5.41) is 3.13. The highest BCUT2D eigenvalue weighted by Gasteiger charge is 2.18. The molecule has 1 fully saturated rings. The molecule has 1 saturated heterocycles. The van der Waals surface area contributed by atoms with Crippen LogP contribution in [0.25, 0.3) is 0 Å². The summed E-state index contributed by atoms with van der Waals surface area (Å²) in [5.41, 5.74) is 0. The van der Waals surface area contributed by atoms with E-state index in [1.165, 1.54) is 4.88 Å². The molecule has 0 spiro atoms. The number of unbranched alkanes of at least 4 members (excludes halogenated alkanes) is 1. The molecule has 1 aliphatic heterocycles. The molecule has 5 heteroatoms. The van der Waals surface area contributed by atoms with Crippen LogP contribution in [0.3, 0.4) is 0 Å². The van der Waals surface area contributed by atoms with Gasteiger partial charge in [0.05, 0.1) is 0 Å². The molecule has 0 bridgehead atoms. The summed E-state index contributed by atoms with van der Waals surface area (Å²) in [4.78, 5) is 18.1. The number of alkyl halides is 1. The first-order valence-corrected chi connectivity index (χ1v) is 9.38. The average Bonchev–Trinajstić information content (AvgIpc) is 2.84. The van der Waals surface area contributed by atoms with Crippen LogP contribution in [-0.2, 0) is 11.3 Å². The molecule has 1 aromatic rings. The highest BCUT2D eigenvalue weighted by molar-refractivity contribution is 9.09. The van der Waals surface area contributed by atoms with E-state index in [9.17, 15) is 4.79 Å². The van der Waals surface area contributed by atoms with Gasteiger partial charge in [0.1, 0.15) is 0 Å². The van der Waals surface area contributed by atoms with Crippen molar-refractivity contribution in [3.8, 4) is 0 Å². The van der Waals surface area contributed by atoms with Gasteiger partial charge in [-0.2, -0.15) is 0 Å². The first-order valence-electron chi connectivity index (χ1n) is 7.38. The number of nitrogens with zero attached hydrogens (tertiary/aromatic N) is 2. The lowest BCUT2D eigenvalue weighted by Crippen LogP contribution is -2.34. The lowest BCUT2D eigenvalue weighted by molar-refractivity contribution is -0.131. The van der Waals surface area contributed by atoms with Gasteiger partial charge in [-0.15, -0.1) is 11.3 Å². The highest BCUT2D eigenvalue weighted by Crippen LogP contribution is 2.14. The molecule has 1 aromatic heterocycles. The standard InChI is InChI=1S/C15H23BrN2OS/c16-7-2-1-6-15(19)18-9-4-8-17(10-11-18)13-14-5-3-12-20-14/h3,5,12H,1-2,4,6-11,13H2. The molecule has 0 saturated carbocycles. The second kappa shape index (κ2) is 8.80. The number of thiophene rings is 1. The van der Waals surface area contributed by atoms with Crippen LogP contribution in [0.4, 0.5) is 0 Å². The number of rotatable bonds is 6. The van der Waals surface area contributed by atoms with Crippen LogP contribution in [0.1, 0.15) is 30.6 Å². The maximum absolute atomic E-state index is 12.1. The van der Waals surface area contributed by atoms with Gasteiger partial charge in [-0.25, -0.2) is 0 Å². The predicted molar refractivity (Wildman–Crippen MR) is 88.4 cm³/mol. The number of hydrogen-bond donors (Lipinski definition) is 0. The van der Waals surface area contributed by atoms with E-state index in [1.54, 1.807) is 0 Å². The Kier molecular flexibility index (Phi) is 7.03. The highest BCUT2D eigenvalue weighted by atomic mass is 79.9. The lowest BCUT2D eigenvalue weighted by Gasteiger charge is -2.21. The second-order valence-electron chi connectivity index (χ2n) is 5.24. The van der Waals surface area contributed by atoms with Gasteiger partial charge in [0.25, 0.3) is 0 Å². The smallest absolute Gasteiger partial charge is 0.222 e. The van der Waals surface area contributed by atoms with Crippen molar-refractivity contribution in [2.75, 3.05) is 31.5 Å². The summed E-state index contributed by atoms with van der Waals surface area (Å²) < 4.78 is 0. The molecule has 112 valence electrons. The molecule has 1 aliphatic rings. The van der Waals surface area contributed by atoms with E-state index >= 15 is 0 Å². The molecule has 2 heterocycles. The maximum atomic E-state index is 12.1. The molecule has 2 rings (SSSR count). The fourth-order valence-corrected chi connectivity index (χ4v) is 3.67. The van der Waals surface area contributed by atoms with Crippen molar-refractivity contribution in [1.29, 1.82) is 0 Å². The predicted octanol–water partition coefficient (Wildman–Crippen LogP) is 3.35. The average molecular weight is 359 g/mol. The molecule has 0 atom stereocenters. The zero-order chi connectivity index (χ0) is 14.2. The summed E-state index contributed by atoms with van der Waals surface area (Å²) in [5.74, 6) is 0.337. The van der Waals surface area contributed by atoms with E-state index in [1.807, 2.05) is 11.3 Å². The van der Waals surface area contributed by atoms with Crippen LogP contribution in [-0.4, -0.2) is 47.2 Å². The largest absolute Gasteiger partial charge is 0.341 e. The third kappa shape index (κ3) is 5.19. The third-order valence-electron chi connectivity index (χ3n) is 3.68. The van der Waals surface area contributed by atoms with E-state index in [2.05, 4.69) is 43.2 Å². The van der Waals surface area contributed by atoms with Gasteiger partial charge < -0.3 is 4.90 Å². The lowest BCUT2D eigenvalue weighted by atomic mass is 10.2. The first kappa shape index (κ1) is 16.0. The van der Waals surface area contributed by atoms with Crippen molar-refractivity contribution in [3.63, 3.8) is 0 Å². The maximum Gasteiger partial charge on any atom is 0.222 e. The van der Waals surface area contributed by atoms with Gasteiger partial charge in [0, 0.05) is 49.4 Å². The van der Waals surface area contributed by atoms with Crippen LogP contribution >= 0.6 is 27.3 Å². The summed E-state index contributed by atoms with van der Waals surface area (Å²) in [6.07, 6.45) is 3.88. The van der Waals surface area contributed by atoms with Gasteiger partial charge in [-0.1, -0.05) is 22.0 Å². The fourth-order valence-electron chi connectivity index (χ4n) is 2.53. The number of carbonyl (C=O) groups excluding carboxylic acids is 1. The summed E-state index contributed by atoms with van der Waals surface area (Å²) in [6, 6.07) is 4.30. The molecule has 0 aromatic carbocycles. The van der Waals surface area contributed by atoms with Crippen LogP contribution in [0.2, 0.25) is 0 Å². The molecule has 20 heavy (non-hydrogen) atoms. The molecular weight excluding hydrogens is 336 g/mol. The molecule has 0 unspecified atom stereocenters. The summed E-state index contributed by atoms with van der Waals surface area (Å²) in [6.45, 7) is 4.95. The molecule has 0 N–H and O–H groups in total. The normalized spacial score (nSPS) is 17.1. The van der Waals surface area contributed by atoms with Gasteiger partial charge >= 0.3 is 0 Å². The van der Waals surface area contributed by atoms with Crippen molar-refractivity contribution < 1.29 is 4.79 Å². The minimum Gasteiger partial charge on any atom is -0.341 e. The number of carbonyl (C=O) groups is 1. The Balaban J connectivity index is 1.75. The third-order valence-corrected chi connectivity index (χ3v) is 5.10. The van der Waals surface area contributed by atoms with Gasteiger partial charge in [0.15, 0.2) is 0 Å². The van der Waals surface area contributed by atoms with Gasteiger partial charge in [-0.3, -0.25) is 9.69 Å². The Bertz CT molecular complexity index is 397. The Morgan fingerprint density at radius 2 is 2.15 bits per heavy atom. The van der Waals surface area contributed by atoms with Crippen molar-refractivity contribution >= 4 is 33.2 Å². The quantitative estimate of drug-likeness (QED) is 0.575. The Labute approximate surface area is 134 Å². The summed E-state index contributed by atoms with van der Waals surface area (Å²) in [7, 11) is 0. The zero-order valence-electron chi connectivity index (χ0n) is 11.9. The Morgan fingerprint density at radius 3 is 2.90 bits per heavy atom. The monoisotopic (exact) mass is 358 g/mol. The Morgan fingerprint density at radius 1 is 1.25 bits per heavy atom. The van der Waals surface area contributed by atoms with Crippen molar-refractivity contribution in [2.45, 2.75) is 32.2 Å². The minimum atomic E-state index is 0.337. The van der Waals surface area contributed by atoms with Gasteiger partial charge in [-0.05, 0) is 30.7 Å². The van der Waals surface area contributed by atoms with E-state index in [0.29, 0.717) is 12.3 Å². The molecule has 3 nitrogen and oxygen atoms in total. The number of halogens is 1. The van der Waals surface area contributed by atoms with E-state index < -0.39 is 0 Å². The van der Waals surface area contributed by atoms with Crippen molar-refractivity contribution in [2.24, 2.45) is 0 Å².